The molecule has 0 fully saturated rings. The van der Waals surface area contributed by atoms with Crippen LogP contribution >= 0.6 is 15.9 Å². The zero-order valence-corrected chi connectivity index (χ0v) is 11.1. The molecule has 0 radical (unpaired) electrons. The molecule has 0 aromatic heterocycles. The molecule has 94 valence electrons. The minimum Gasteiger partial charge on any atom is -0.493 e. The van der Waals surface area contributed by atoms with Crippen LogP contribution in [0, 0.1) is 0 Å². The molecule has 2 rings (SSSR count). The van der Waals surface area contributed by atoms with Gasteiger partial charge in [0.05, 0.1) is 12.6 Å². The normalized spacial score (nSPS) is 15.8. The van der Waals surface area contributed by atoms with E-state index in [2.05, 4.69) is 21.2 Å². The maximum atomic E-state index is 12.4. The summed E-state index contributed by atoms with van der Waals surface area (Å²) in [5.41, 5.74) is 2.07. The predicted molar refractivity (Wildman–Crippen MR) is 65.6 cm³/mol. The molecule has 1 aromatic carbocycles. The van der Waals surface area contributed by atoms with Crippen LogP contribution in [0.2, 0.25) is 0 Å². The summed E-state index contributed by atoms with van der Waals surface area (Å²) in [7, 11) is 0. The highest BCUT2D eigenvalue weighted by atomic mass is 79.9. The van der Waals surface area contributed by atoms with E-state index in [-0.39, 0.29) is 0 Å². The summed E-state index contributed by atoms with van der Waals surface area (Å²) >= 11 is 3.42. The Hall–Kier alpha value is -0.680. The maximum absolute atomic E-state index is 12.4. The van der Waals surface area contributed by atoms with E-state index in [1.54, 1.807) is 0 Å². The number of rotatable bonds is 4. The minimum absolute atomic E-state index is 0.396. The lowest BCUT2D eigenvalue weighted by atomic mass is 10.1. The Balaban J connectivity index is 2.11. The van der Waals surface area contributed by atoms with Crippen molar-refractivity contribution in [3.05, 3.63) is 27.7 Å². The molecule has 0 saturated heterocycles. The van der Waals surface area contributed by atoms with Crippen LogP contribution in [-0.4, -0.2) is 19.1 Å². The third-order valence-electron chi connectivity index (χ3n) is 2.82. The van der Waals surface area contributed by atoms with Gasteiger partial charge in [0.15, 0.2) is 0 Å². The number of halogens is 3. The first kappa shape index (κ1) is 12.8. The Kier molecular flexibility index (Phi) is 3.99. The van der Waals surface area contributed by atoms with Gasteiger partial charge in [-0.3, -0.25) is 0 Å². The monoisotopic (exact) mass is 305 g/mol. The molecule has 1 atom stereocenters. The van der Waals surface area contributed by atoms with Crippen molar-refractivity contribution in [1.29, 1.82) is 0 Å². The molecule has 1 N–H and O–H groups in total. The lowest BCUT2D eigenvalue weighted by Crippen LogP contribution is -2.32. The maximum Gasteiger partial charge on any atom is 0.253 e. The molecule has 0 amide bonds. The average molecular weight is 306 g/mol. The fourth-order valence-electron chi connectivity index (χ4n) is 1.84. The van der Waals surface area contributed by atoms with Crippen LogP contribution < -0.4 is 10.1 Å². The van der Waals surface area contributed by atoms with Crippen LogP contribution in [0.3, 0.4) is 0 Å². The Morgan fingerprint density at radius 1 is 1.47 bits per heavy atom. The van der Waals surface area contributed by atoms with E-state index in [1.807, 2.05) is 12.1 Å². The van der Waals surface area contributed by atoms with Crippen molar-refractivity contribution in [2.75, 3.05) is 6.61 Å². The lowest BCUT2D eigenvalue weighted by Gasteiger charge is -2.14. The van der Waals surface area contributed by atoms with Crippen LogP contribution in [0.15, 0.2) is 16.6 Å². The number of nitrogens with one attached hydrogen (secondary N) is 1. The summed E-state index contributed by atoms with van der Waals surface area (Å²) in [5, 5.41) is 2.80. The highest BCUT2D eigenvalue weighted by Gasteiger charge is 2.19. The summed E-state index contributed by atoms with van der Waals surface area (Å²) in [6, 6.07) is 3.11. The number of ether oxygens (including phenoxy) is 1. The van der Waals surface area contributed by atoms with E-state index in [4.69, 9.17) is 4.74 Å². The van der Waals surface area contributed by atoms with Gasteiger partial charge in [-0.25, -0.2) is 8.78 Å². The first-order chi connectivity index (χ1) is 8.08. The number of hydrogen-bond donors (Lipinski definition) is 1. The highest BCUT2D eigenvalue weighted by Crippen LogP contribution is 2.32. The SMILES string of the molecule is CC(NCc1cc(Br)cc2c1OCC2)C(F)F. The molecule has 0 saturated carbocycles. The average Bonchev–Trinajstić information content (AvgIpc) is 2.72. The molecule has 1 aliphatic heterocycles. The topological polar surface area (TPSA) is 21.3 Å². The Bertz CT molecular complexity index is 412. The largest absolute Gasteiger partial charge is 0.493 e. The number of fused-ring (bicyclic) bond motifs is 1. The molecule has 0 spiro atoms. The Morgan fingerprint density at radius 3 is 2.94 bits per heavy atom. The van der Waals surface area contributed by atoms with Gasteiger partial charge in [0.25, 0.3) is 6.43 Å². The highest BCUT2D eigenvalue weighted by molar-refractivity contribution is 9.10. The Morgan fingerprint density at radius 2 is 2.24 bits per heavy atom. The summed E-state index contributed by atoms with van der Waals surface area (Å²) in [6.45, 7) is 2.54. The molecule has 5 heteroatoms. The van der Waals surface area contributed by atoms with Gasteiger partial charge in [0.2, 0.25) is 0 Å². The number of hydrogen-bond acceptors (Lipinski definition) is 2. The van der Waals surface area contributed by atoms with Gasteiger partial charge in [-0.15, -0.1) is 0 Å². The van der Waals surface area contributed by atoms with Crippen molar-refractivity contribution in [3.8, 4) is 5.75 Å². The molecular formula is C12H14BrF2NO. The van der Waals surface area contributed by atoms with Gasteiger partial charge < -0.3 is 10.1 Å². The van der Waals surface area contributed by atoms with Crippen molar-refractivity contribution < 1.29 is 13.5 Å². The third-order valence-corrected chi connectivity index (χ3v) is 3.28. The van der Waals surface area contributed by atoms with E-state index in [0.29, 0.717) is 13.2 Å². The second-order valence-corrected chi connectivity index (χ2v) is 5.07. The van der Waals surface area contributed by atoms with Crippen molar-refractivity contribution in [2.45, 2.75) is 32.4 Å². The fraction of sp³-hybridized carbons (Fsp3) is 0.500. The van der Waals surface area contributed by atoms with Gasteiger partial charge in [0, 0.05) is 23.0 Å². The standard InChI is InChI=1S/C12H14BrF2NO/c1-7(12(14)15)16-6-9-5-10(13)4-8-2-3-17-11(8)9/h4-5,7,12,16H,2-3,6H2,1H3. The van der Waals surface area contributed by atoms with E-state index < -0.39 is 12.5 Å². The van der Waals surface area contributed by atoms with Crippen molar-refractivity contribution in [1.82, 2.24) is 5.32 Å². The van der Waals surface area contributed by atoms with E-state index in [9.17, 15) is 8.78 Å². The molecule has 1 aromatic rings. The zero-order valence-electron chi connectivity index (χ0n) is 9.47. The lowest BCUT2D eigenvalue weighted by molar-refractivity contribution is 0.105. The van der Waals surface area contributed by atoms with Crippen LogP contribution in [0.5, 0.6) is 5.75 Å². The predicted octanol–water partition coefficient (Wildman–Crippen LogP) is 3.13. The van der Waals surface area contributed by atoms with E-state index in [0.717, 1.165) is 27.8 Å². The Labute approximate surface area is 107 Å². The summed E-state index contributed by atoms with van der Waals surface area (Å²) < 4.78 is 31.3. The second-order valence-electron chi connectivity index (χ2n) is 4.16. The van der Waals surface area contributed by atoms with E-state index in [1.165, 1.54) is 6.92 Å². The summed E-state index contributed by atoms with van der Waals surface area (Å²) in [6.07, 6.45) is -1.47. The first-order valence-electron chi connectivity index (χ1n) is 5.53. The van der Waals surface area contributed by atoms with Crippen LogP contribution in [0.25, 0.3) is 0 Å². The van der Waals surface area contributed by atoms with Crippen LogP contribution in [0.4, 0.5) is 8.78 Å². The third kappa shape index (κ3) is 2.96. The summed E-state index contributed by atoms with van der Waals surface area (Å²) in [5.74, 6) is 0.849. The minimum atomic E-state index is -2.35. The summed E-state index contributed by atoms with van der Waals surface area (Å²) in [4.78, 5) is 0. The van der Waals surface area contributed by atoms with Crippen LogP contribution in [0.1, 0.15) is 18.1 Å². The van der Waals surface area contributed by atoms with Gasteiger partial charge >= 0.3 is 0 Å². The van der Waals surface area contributed by atoms with Crippen molar-refractivity contribution >= 4 is 15.9 Å². The van der Waals surface area contributed by atoms with Gasteiger partial charge in [-0.05, 0) is 24.6 Å². The number of benzene rings is 1. The molecule has 0 bridgehead atoms. The van der Waals surface area contributed by atoms with Crippen molar-refractivity contribution in [2.24, 2.45) is 0 Å². The number of alkyl halides is 2. The molecule has 2 nitrogen and oxygen atoms in total. The fourth-order valence-corrected chi connectivity index (χ4v) is 2.39. The van der Waals surface area contributed by atoms with Gasteiger partial charge in [0.1, 0.15) is 5.75 Å². The quantitative estimate of drug-likeness (QED) is 0.923. The zero-order chi connectivity index (χ0) is 12.4. The first-order valence-corrected chi connectivity index (χ1v) is 6.33. The van der Waals surface area contributed by atoms with Crippen LogP contribution in [-0.2, 0) is 13.0 Å². The molecule has 0 aliphatic carbocycles. The van der Waals surface area contributed by atoms with E-state index >= 15 is 0 Å². The second kappa shape index (κ2) is 5.31. The smallest absolute Gasteiger partial charge is 0.253 e. The molecule has 1 aliphatic rings. The van der Waals surface area contributed by atoms with Gasteiger partial charge in [-0.2, -0.15) is 0 Å². The molecular weight excluding hydrogens is 292 g/mol. The molecule has 17 heavy (non-hydrogen) atoms. The molecule has 1 heterocycles. The molecule has 1 unspecified atom stereocenters. The van der Waals surface area contributed by atoms with Gasteiger partial charge in [-0.1, -0.05) is 15.9 Å². The van der Waals surface area contributed by atoms with Crippen molar-refractivity contribution in [3.63, 3.8) is 0 Å².